The molecule has 11 heteroatoms. The highest BCUT2D eigenvalue weighted by molar-refractivity contribution is 5.82. The summed E-state index contributed by atoms with van der Waals surface area (Å²) in [4.78, 5) is 8.55. The van der Waals surface area contributed by atoms with Crippen molar-refractivity contribution in [2.45, 2.75) is 45.2 Å². The van der Waals surface area contributed by atoms with E-state index in [-0.39, 0.29) is 5.82 Å². The van der Waals surface area contributed by atoms with Gasteiger partial charge in [0.1, 0.15) is 22.8 Å². The Kier molecular flexibility index (Phi) is 4.77. The number of aliphatic imine (C=N–C) groups is 1. The maximum atomic E-state index is 13.2. The molecule has 3 rings (SSSR count). The molecule has 0 aromatic carbocycles. The fourth-order valence-electron chi connectivity index (χ4n) is 3.48. The maximum Gasteiger partial charge on any atom is 0.421 e. The van der Waals surface area contributed by atoms with Crippen molar-refractivity contribution in [3.8, 4) is 0 Å². The zero-order valence-corrected chi connectivity index (χ0v) is 17.2. The summed E-state index contributed by atoms with van der Waals surface area (Å²) in [6.07, 6.45) is -0.218. The fourth-order valence-corrected chi connectivity index (χ4v) is 3.48. The van der Waals surface area contributed by atoms with Crippen molar-refractivity contribution >= 4 is 6.21 Å². The van der Waals surface area contributed by atoms with Crippen molar-refractivity contribution < 1.29 is 13.2 Å². The number of halogens is 3. The van der Waals surface area contributed by atoms with Gasteiger partial charge in [0, 0.05) is 32.7 Å². The first-order valence-corrected chi connectivity index (χ1v) is 8.99. The summed E-state index contributed by atoms with van der Waals surface area (Å²) in [6.45, 7) is 7.54. The largest absolute Gasteiger partial charge is 0.421 e. The first kappa shape index (κ1) is 20.9. The predicted octanol–water partition coefficient (Wildman–Crippen LogP) is 1.75. The van der Waals surface area contributed by atoms with E-state index in [2.05, 4.69) is 25.7 Å². The first-order chi connectivity index (χ1) is 13.3. The van der Waals surface area contributed by atoms with Gasteiger partial charge >= 0.3 is 6.18 Å². The van der Waals surface area contributed by atoms with Crippen LogP contribution in [0.25, 0.3) is 0 Å². The Bertz CT molecular complexity index is 995. The molecular formula is C18H25F3N8. The monoisotopic (exact) mass is 410 g/mol. The SMILES string of the molecule is CNC1=C(C(F)(F)F)C=NC(N)(c2cn(C(C)(C)c3nc(C)cn3C)nc2C)N1. The number of aromatic nitrogens is 4. The van der Waals surface area contributed by atoms with E-state index in [9.17, 15) is 13.2 Å². The molecule has 4 N–H and O–H groups in total. The number of nitrogens with zero attached hydrogens (tertiary/aromatic N) is 5. The van der Waals surface area contributed by atoms with Crippen LogP contribution < -0.4 is 16.4 Å². The van der Waals surface area contributed by atoms with Crippen LogP contribution in [-0.2, 0) is 18.4 Å². The van der Waals surface area contributed by atoms with E-state index in [1.54, 1.807) is 17.8 Å². The van der Waals surface area contributed by atoms with Crippen molar-refractivity contribution in [3.05, 3.63) is 46.6 Å². The zero-order chi connectivity index (χ0) is 21.8. The number of rotatable bonds is 4. The van der Waals surface area contributed by atoms with Gasteiger partial charge in [0.05, 0.1) is 17.0 Å². The van der Waals surface area contributed by atoms with Crippen LogP contribution in [0.15, 0.2) is 28.8 Å². The van der Waals surface area contributed by atoms with E-state index < -0.39 is 23.1 Å². The Hall–Kier alpha value is -2.82. The standard InChI is InChI=1S/C18H25F3N8/c1-10-8-28(6)15(25-10)16(3,4)29-9-13(11(2)27-29)18(22)24-7-12(17(19,20)21)14(23-5)26-18/h7-9,23,26H,22H2,1-6H3. The smallest absolute Gasteiger partial charge is 0.374 e. The highest BCUT2D eigenvalue weighted by atomic mass is 19.4. The number of aryl methyl sites for hydroxylation is 3. The second-order valence-electron chi connectivity index (χ2n) is 7.63. The Morgan fingerprint density at radius 2 is 1.86 bits per heavy atom. The molecule has 0 saturated heterocycles. The van der Waals surface area contributed by atoms with Crippen molar-refractivity contribution in [3.63, 3.8) is 0 Å². The second kappa shape index (κ2) is 6.61. The normalized spacial score (nSPS) is 20.2. The lowest BCUT2D eigenvalue weighted by Crippen LogP contribution is -2.54. The molecule has 158 valence electrons. The van der Waals surface area contributed by atoms with E-state index in [1.807, 2.05) is 38.6 Å². The second-order valence-corrected chi connectivity index (χ2v) is 7.63. The van der Waals surface area contributed by atoms with Crippen LogP contribution in [0.2, 0.25) is 0 Å². The highest BCUT2D eigenvalue weighted by Crippen LogP contribution is 2.33. The van der Waals surface area contributed by atoms with E-state index in [1.165, 1.54) is 7.05 Å². The topological polar surface area (TPSA) is 98.1 Å². The van der Waals surface area contributed by atoms with E-state index in [4.69, 9.17) is 5.73 Å². The van der Waals surface area contributed by atoms with Gasteiger partial charge in [0.2, 0.25) is 5.79 Å². The summed E-state index contributed by atoms with van der Waals surface area (Å²) in [6, 6.07) is 0. The summed E-state index contributed by atoms with van der Waals surface area (Å²) >= 11 is 0. The van der Waals surface area contributed by atoms with E-state index >= 15 is 0 Å². The average Bonchev–Trinajstić information content (AvgIpc) is 3.16. The fraction of sp³-hybridized carbons (Fsp3) is 0.500. The summed E-state index contributed by atoms with van der Waals surface area (Å²) in [5.74, 6) is -1.06. The maximum absolute atomic E-state index is 13.2. The number of nitrogens with one attached hydrogen (secondary N) is 2. The lowest BCUT2D eigenvalue weighted by Gasteiger charge is -2.33. The van der Waals surface area contributed by atoms with Gasteiger partial charge < -0.3 is 15.2 Å². The van der Waals surface area contributed by atoms with E-state index in [0.29, 0.717) is 11.3 Å². The minimum atomic E-state index is -4.56. The molecule has 0 fully saturated rings. The quantitative estimate of drug-likeness (QED) is 0.714. The van der Waals surface area contributed by atoms with Crippen molar-refractivity contribution in [1.82, 2.24) is 30.0 Å². The predicted molar refractivity (Wildman–Crippen MR) is 103 cm³/mol. The van der Waals surface area contributed by atoms with Crippen LogP contribution in [-0.4, -0.2) is 38.8 Å². The molecule has 1 unspecified atom stereocenters. The summed E-state index contributed by atoms with van der Waals surface area (Å²) < 4.78 is 43.2. The average molecular weight is 410 g/mol. The summed E-state index contributed by atoms with van der Waals surface area (Å²) in [5, 5.41) is 9.74. The van der Waals surface area contributed by atoms with Gasteiger partial charge in [-0.15, -0.1) is 0 Å². The third-order valence-electron chi connectivity index (χ3n) is 4.96. The summed E-state index contributed by atoms with van der Waals surface area (Å²) in [7, 11) is 3.28. The van der Waals surface area contributed by atoms with Gasteiger partial charge in [0.25, 0.3) is 0 Å². The van der Waals surface area contributed by atoms with Gasteiger partial charge in [-0.2, -0.15) is 18.3 Å². The number of alkyl halides is 3. The van der Waals surface area contributed by atoms with Gasteiger partial charge in [-0.25, -0.2) is 9.98 Å². The van der Waals surface area contributed by atoms with Crippen LogP contribution in [0.5, 0.6) is 0 Å². The molecule has 0 radical (unpaired) electrons. The Balaban J connectivity index is 2.02. The van der Waals surface area contributed by atoms with Gasteiger partial charge in [-0.05, 0) is 27.7 Å². The molecule has 2 aromatic rings. The van der Waals surface area contributed by atoms with Crippen LogP contribution in [0.1, 0.15) is 36.6 Å². The third-order valence-corrected chi connectivity index (χ3v) is 4.96. The molecule has 0 saturated carbocycles. The molecule has 1 aliphatic heterocycles. The van der Waals surface area contributed by atoms with E-state index in [0.717, 1.165) is 17.7 Å². The Morgan fingerprint density at radius 3 is 2.38 bits per heavy atom. The molecular weight excluding hydrogens is 385 g/mol. The molecule has 3 heterocycles. The molecule has 0 spiro atoms. The van der Waals surface area contributed by atoms with Gasteiger partial charge in [0.15, 0.2) is 0 Å². The molecule has 0 amide bonds. The number of imidazole rings is 1. The van der Waals surface area contributed by atoms with Crippen molar-refractivity contribution in [1.29, 1.82) is 0 Å². The summed E-state index contributed by atoms with van der Waals surface area (Å²) in [5.41, 5.74) is 6.69. The Labute approximate surface area is 166 Å². The molecule has 2 aromatic heterocycles. The van der Waals surface area contributed by atoms with Crippen LogP contribution in [0.4, 0.5) is 13.2 Å². The van der Waals surface area contributed by atoms with Crippen molar-refractivity contribution in [2.75, 3.05) is 7.05 Å². The van der Waals surface area contributed by atoms with Gasteiger partial charge in [-0.3, -0.25) is 10.4 Å². The van der Waals surface area contributed by atoms with Crippen LogP contribution in [0.3, 0.4) is 0 Å². The zero-order valence-electron chi connectivity index (χ0n) is 17.2. The van der Waals surface area contributed by atoms with Gasteiger partial charge in [-0.1, -0.05) is 0 Å². The molecule has 0 bridgehead atoms. The lowest BCUT2D eigenvalue weighted by atomic mass is 10.0. The first-order valence-electron chi connectivity index (χ1n) is 8.99. The molecule has 29 heavy (non-hydrogen) atoms. The molecule has 8 nitrogen and oxygen atoms in total. The Morgan fingerprint density at radius 1 is 1.21 bits per heavy atom. The molecule has 1 aliphatic rings. The number of hydrogen-bond donors (Lipinski definition) is 3. The lowest BCUT2D eigenvalue weighted by molar-refractivity contribution is -0.0875. The number of hydrogen-bond acceptors (Lipinski definition) is 6. The molecule has 0 aliphatic carbocycles. The minimum absolute atomic E-state index is 0.249. The molecule has 1 atom stereocenters. The number of nitrogens with two attached hydrogens (primary N) is 1. The van der Waals surface area contributed by atoms with Crippen molar-refractivity contribution in [2.24, 2.45) is 17.8 Å². The van der Waals surface area contributed by atoms with Crippen LogP contribution in [0, 0.1) is 13.8 Å². The third kappa shape index (κ3) is 3.50. The number of allylic oxidation sites excluding steroid dienone is 1. The van der Waals surface area contributed by atoms with Crippen LogP contribution >= 0.6 is 0 Å². The highest BCUT2D eigenvalue weighted by Gasteiger charge is 2.42. The minimum Gasteiger partial charge on any atom is -0.374 e.